The molecular formula is C9H18N2O5S. The van der Waals surface area contributed by atoms with Gasteiger partial charge in [0.2, 0.25) is 15.9 Å². The lowest BCUT2D eigenvalue weighted by atomic mass is 10.0. The fourth-order valence-electron chi connectivity index (χ4n) is 1.20. The normalized spacial score (nSPS) is 13.1. The number of carboxylic acids is 1. The van der Waals surface area contributed by atoms with Gasteiger partial charge in [-0.25, -0.2) is 13.1 Å². The standard InChI is InChI=1S/C9H18N2O5S/c1-7(6-9(13)14)5-8(12)10-3-4-11-17(2,15)16/h7,11H,3-6H2,1-2H3,(H,10,12)(H,13,14). The summed E-state index contributed by atoms with van der Waals surface area (Å²) in [5.74, 6) is -1.46. The molecule has 8 heteroatoms. The Morgan fingerprint density at radius 1 is 1.24 bits per heavy atom. The van der Waals surface area contributed by atoms with Crippen LogP contribution in [0.4, 0.5) is 0 Å². The zero-order valence-electron chi connectivity index (χ0n) is 9.89. The van der Waals surface area contributed by atoms with E-state index in [0.29, 0.717) is 0 Å². The molecule has 1 amide bonds. The minimum absolute atomic E-state index is 0.0605. The fraction of sp³-hybridized carbons (Fsp3) is 0.778. The van der Waals surface area contributed by atoms with E-state index in [-0.39, 0.29) is 37.8 Å². The van der Waals surface area contributed by atoms with Crippen molar-refractivity contribution < 1.29 is 23.1 Å². The number of aliphatic carboxylic acids is 1. The quantitative estimate of drug-likeness (QED) is 0.495. The van der Waals surface area contributed by atoms with Gasteiger partial charge in [-0.1, -0.05) is 6.92 Å². The summed E-state index contributed by atoms with van der Waals surface area (Å²) in [6, 6.07) is 0. The molecule has 0 rings (SSSR count). The van der Waals surface area contributed by atoms with Gasteiger partial charge < -0.3 is 10.4 Å². The lowest BCUT2D eigenvalue weighted by Gasteiger charge is -2.09. The van der Waals surface area contributed by atoms with Gasteiger partial charge in [-0.2, -0.15) is 0 Å². The molecule has 0 aliphatic heterocycles. The van der Waals surface area contributed by atoms with Gasteiger partial charge in [0, 0.05) is 25.9 Å². The molecule has 100 valence electrons. The Kier molecular flexibility index (Phi) is 6.74. The first-order valence-electron chi connectivity index (χ1n) is 5.14. The van der Waals surface area contributed by atoms with Crippen molar-refractivity contribution in [3.05, 3.63) is 0 Å². The molecule has 1 unspecified atom stereocenters. The summed E-state index contributed by atoms with van der Waals surface area (Å²) in [6.45, 7) is 1.98. The molecule has 3 N–H and O–H groups in total. The number of rotatable bonds is 8. The number of hydrogen-bond donors (Lipinski definition) is 3. The van der Waals surface area contributed by atoms with Crippen LogP contribution in [0.15, 0.2) is 0 Å². The number of carbonyl (C=O) groups is 2. The van der Waals surface area contributed by atoms with E-state index in [0.717, 1.165) is 6.26 Å². The second-order valence-electron chi connectivity index (χ2n) is 3.92. The van der Waals surface area contributed by atoms with Gasteiger partial charge in [0.15, 0.2) is 0 Å². The van der Waals surface area contributed by atoms with E-state index in [4.69, 9.17) is 5.11 Å². The topological polar surface area (TPSA) is 113 Å². The third kappa shape index (κ3) is 11.1. The van der Waals surface area contributed by atoms with Crippen LogP contribution in [0, 0.1) is 5.92 Å². The molecule has 0 spiro atoms. The monoisotopic (exact) mass is 266 g/mol. The summed E-state index contributed by atoms with van der Waals surface area (Å²) in [5.41, 5.74) is 0. The lowest BCUT2D eigenvalue weighted by molar-refractivity contribution is -0.138. The van der Waals surface area contributed by atoms with Gasteiger partial charge in [0.05, 0.1) is 6.26 Å². The highest BCUT2D eigenvalue weighted by Crippen LogP contribution is 2.06. The Balaban J connectivity index is 3.70. The first-order valence-corrected chi connectivity index (χ1v) is 7.03. The molecule has 0 saturated heterocycles. The van der Waals surface area contributed by atoms with Crippen LogP contribution in [0.25, 0.3) is 0 Å². The van der Waals surface area contributed by atoms with Crippen LogP contribution in [0.2, 0.25) is 0 Å². The van der Waals surface area contributed by atoms with E-state index in [9.17, 15) is 18.0 Å². The van der Waals surface area contributed by atoms with E-state index >= 15 is 0 Å². The summed E-state index contributed by atoms with van der Waals surface area (Å²) >= 11 is 0. The Morgan fingerprint density at radius 2 is 1.82 bits per heavy atom. The minimum Gasteiger partial charge on any atom is -0.481 e. The molecule has 0 aromatic heterocycles. The van der Waals surface area contributed by atoms with E-state index in [1.165, 1.54) is 0 Å². The first-order chi connectivity index (χ1) is 7.70. The van der Waals surface area contributed by atoms with Gasteiger partial charge in [-0.05, 0) is 5.92 Å². The smallest absolute Gasteiger partial charge is 0.303 e. The molecule has 0 aromatic carbocycles. The van der Waals surface area contributed by atoms with Crippen LogP contribution in [0.1, 0.15) is 19.8 Å². The molecule has 17 heavy (non-hydrogen) atoms. The Morgan fingerprint density at radius 3 is 2.29 bits per heavy atom. The molecule has 0 radical (unpaired) electrons. The largest absolute Gasteiger partial charge is 0.481 e. The summed E-state index contributed by atoms with van der Waals surface area (Å²) in [5, 5.41) is 11.0. The zero-order valence-corrected chi connectivity index (χ0v) is 10.7. The molecular weight excluding hydrogens is 248 g/mol. The summed E-state index contributed by atoms with van der Waals surface area (Å²) < 4.78 is 23.6. The van der Waals surface area contributed by atoms with Gasteiger partial charge >= 0.3 is 5.97 Å². The Bertz CT molecular complexity index is 366. The maximum atomic E-state index is 11.3. The molecule has 0 saturated carbocycles. The molecule has 7 nitrogen and oxygen atoms in total. The number of amides is 1. The SMILES string of the molecule is CC(CC(=O)O)CC(=O)NCCNS(C)(=O)=O. The van der Waals surface area contributed by atoms with Crippen molar-refractivity contribution in [3.8, 4) is 0 Å². The second kappa shape index (κ2) is 7.23. The fourth-order valence-corrected chi connectivity index (χ4v) is 1.67. The van der Waals surface area contributed by atoms with E-state index in [1.807, 2.05) is 0 Å². The maximum Gasteiger partial charge on any atom is 0.303 e. The predicted molar refractivity (Wildman–Crippen MR) is 61.9 cm³/mol. The Labute approximate surface area is 101 Å². The molecule has 0 aromatic rings. The summed E-state index contributed by atoms with van der Waals surface area (Å²) in [7, 11) is -3.24. The molecule has 0 aliphatic carbocycles. The molecule has 0 aliphatic rings. The Hall–Kier alpha value is -1.15. The number of carbonyl (C=O) groups excluding carboxylic acids is 1. The number of hydrogen-bond acceptors (Lipinski definition) is 4. The average molecular weight is 266 g/mol. The highest BCUT2D eigenvalue weighted by Gasteiger charge is 2.12. The van der Waals surface area contributed by atoms with Gasteiger partial charge in [0.1, 0.15) is 0 Å². The maximum absolute atomic E-state index is 11.3. The summed E-state index contributed by atoms with van der Waals surface area (Å²) in [4.78, 5) is 21.6. The van der Waals surface area contributed by atoms with Crippen molar-refractivity contribution in [1.29, 1.82) is 0 Å². The molecule has 1 atom stereocenters. The van der Waals surface area contributed by atoms with Crippen LogP contribution >= 0.6 is 0 Å². The first kappa shape index (κ1) is 15.9. The average Bonchev–Trinajstić information content (AvgIpc) is 2.09. The zero-order chi connectivity index (χ0) is 13.5. The van der Waals surface area contributed by atoms with Gasteiger partial charge in [0.25, 0.3) is 0 Å². The van der Waals surface area contributed by atoms with E-state index in [2.05, 4.69) is 10.0 Å². The highest BCUT2D eigenvalue weighted by atomic mass is 32.2. The van der Waals surface area contributed by atoms with Crippen molar-refractivity contribution in [3.63, 3.8) is 0 Å². The third-order valence-corrected chi connectivity index (χ3v) is 2.60. The van der Waals surface area contributed by atoms with Crippen LogP contribution < -0.4 is 10.0 Å². The number of sulfonamides is 1. The minimum atomic E-state index is -3.24. The van der Waals surface area contributed by atoms with Crippen molar-refractivity contribution >= 4 is 21.9 Å². The molecule has 0 bridgehead atoms. The molecule has 0 fully saturated rings. The second-order valence-corrected chi connectivity index (χ2v) is 5.76. The number of carboxylic acid groups (broad SMARTS) is 1. The lowest BCUT2D eigenvalue weighted by Crippen LogP contribution is -2.34. The van der Waals surface area contributed by atoms with Crippen molar-refractivity contribution in [1.82, 2.24) is 10.0 Å². The van der Waals surface area contributed by atoms with Crippen molar-refractivity contribution in [2.75, 3.05) is 19.3 Å². The summed E-state index contributed by atoms with van der Waals surface area (Å²) in [6.07, 6.45) is 1.09. The van der Waals surface area contributed by atoms with Crippen LogP contribution in [0.3, 0.4) is 0 Å². The van der Waals surface area contributed by atoms with E-state index < -0.39 is 16.0 Å². The van der Waals surface area contributed by atoms with Crippen LogP contribution in [0.5, 0.6) is 0 Å². The van der Waals surface area contributed by atoms with Crippen LogP contribution in [-0.2, 0) is 19.6 Å². The van der Waals surface area contributed by atoms with Gasteiger partial charge in [-0.15, -0.1) is 0 Å². The van der Waals surface area contributed by atoms with Gasteiger partial charge in [-0.3, -0.25) is 9.59 Å². The van der Waals surface area contributed by atoms with Crippen molar-refractivity contribution in [2.45, 2.75) is 19.8 Å². The van der Waals surface area contributed by atoms with Crippen LogP contribution in [-0.4, -0.2) is 44.7 Å². The number of nitrogens with one attached hydrogen (secondary N) is 2. The van der Waals surface area contributed by atoms with Crippen molar-refractivity contribution in [2.24, 2.45) is 5.92 Å². The van der Waals surface area contributed by atoms with E-state index in [1.54, 1.807) is 6.92 Å². The third-order valence-electron chi connectivity index (χ3n) is 1.87. The molecule has 0 heterocycles. The highest BCUT2D eigenvalue weighted by molar-refractivity contribution is 7.88. The predicted octanol–water partition coefficient (Wildman–Crippen LogP) is -0.847.